The lowest BCUT2D eigenvalue weighted by atomic mass is 9.99. The lowest BCUT2D eigenvalue weighted by Gasteiger charge is -2.35. The monoisotopic (exact) mass is 243 g/mol. The molecule has 0 aromatic carbocycles. The second kappa shape index (κ2) is 4.54. The number of aliphatic imine (C=N–C) groups is 1. The molecule has 1 nitrogen and oxygen atoms in total. The SMILES string of the molecule is CC(C)(C)/C=N/C([Si](C)(C)C)[Si](C)(C)C. The fourth-order valence-corrected chi connectivity index (χ4v) is 13.5. The Bertz CT molecular complexity index is 211. The summed E-state index contributed by atoms with van der Waals surface area (Å²) in [5, 5.41) is 0.643. The van der Waals surface area contributed by atoms with Gasteiger partial charge in [0.25, 0.3) is 0 Å². The van der Waals surface area contributed by atoms with Gasteiger partial charge in [0, 0.05) is 11.5 Å². The number of nitrogens with zero attached hydrogens (tertiary/aromatic N) is 1. The molecular formula is C12H29NSi2. The molecule has 90 valence electrons. The zero-order valence-corrected chi connectivity index (χ0v) is 14.1. The highest BCUT2D eigenvalue weighted by Crippen LogP contribution is 2.23. The van der Waals surface area contributed by atoms with Gasteiger partial charge in [-0.25, -0.2) is 0 Å². The van der Waals surface area contributed by atoms with E-state index >= 15 is 0 Å². The Hall–Kier alpha value is 0.104. The number of rotatable bonds is 3. The first-order valence-corrected chi connectivity index (χ1v) is 13.0. The van der Waals surface area contributed by atoms with Crippen molar-refractivity contribution in [3.63, 3.8) is 0 Å². The Kier molecular flexibility index (Phi) is 4.57. The molecule has 0 N–H and O–H groups in total. The van der Waals surface area contributed by atoms with Crippen LogP contribution in [0.5, 0.6) is 0 Å². The van der Waals surface area contributed by atoms with Crippen LogP contribution in [0.1, 0.15) is 20.8 Å². The summed E-state index contributed by atoms with van der Waals surface area (Å²) >= 11 is 0. The first kappa shape index (κ1) is 15.1. The van der Waals surface area contributed by atoms with E-state index in [4.69, 9.17) is 4.99 Å². The average molecular weight is 244 g/mol. The Morgan fingerprint density at radius 1 is 0.867 bits per heavy atom. The topological polar surface area (TPSA) is 12.4 Å². The molecule has 0 radical (unpaired) electrons. The smallest absolute Gasteiger partial charge is 0.0693 e. The average Bonchev–Trinajstić information content (AvgIpc) is 1.75. The zero-order chi connectivity index (χ0) is 12.5. The number of hydrogen-bond donors (Lipinski definition) is 0. The minimum atomic E-state index is -1.16. The largest absolute Gasteiger partial charge is 0.300 e. The summed E-state index contributed by atoms with van der Waals surface area (Å²) in [6.45, 7) is 21.3. The molecule has 0 rings (SSSR count). The molecule has 0 bridgehead atoms. The summed E-state index contributed by atoms with van der Waals surface area (Å²) < 4.78 is 0. The fourth-order valence-electron chi connectivity index (χ4n) is 2.04. The third-order valence-corrected chi connectivity index (χ3v) is 11.0. The summed E-state index contributed by atoms with van der Waals surface area (Å²) in [5.41, 5.74) is 0.220. The van der Waals surface area contributed by atoms with Gasteiger partial charge in [0.05, 0.1) is 16.1 Å². The molecule has 0 amide bonds. The van der Waals surface area contributed by atoms with Gasteiger partial charge in [-0.15, -0.1) is 0 Å². The van der Waals surface area contributed by atoms with Gasteiger partial charge in [0.15, 0.2) is 0 Å². The molecule has 0 aliphatic carbocycles. The van der Waals surface area contributed by atoms with Crippen LogP contribution in [0.4, 0.5) is 0 Å². The van der Waals surface area contributed by atoms with E-state index in [1.807, 2.05) is 0 Å². The predicted octanol–water partition coefficient (Wildman–Crippen LogP) is 4.23. The van der Waals surface area contributed by atoms with E-state index in [2.05, 4.69) is 66.3 Å². The highest BCUT2D eigenvalue weighted by molar-refractivity contribution is 6.96. The van der Waals surface area contributed by atoms with Crippen molar-refractivity contribution in [2.45, 2.75) is 65.3 Å². The maximum Gasteiger partial charge on any atom is 0.0693 e. The molecule has 0 unspecified atom stereocenters. The molecule has 15 heavy (non-hydrogen) atoms. The highest BCUT2D eigenvalue weighted by atomic mass is 28.4. The van der Waals surface area contributed by atoms with Crippen molar-refractivity contribution in [2.24, 2.45) is 10.4 Å². The van der Waals surface area contributed by atoms with Crippen LogP contribution < -0.4 is 0 Å². The second-order valence-corrected chi connectivity index (χ2v) is 18.9. The van der Waals surface area contributed by atoms with Crippen LogP contribution >= 0.6 is 0 Å². The van der Waals surface area contributed by atoms with Gasteiger partial charge in [-0.1, -0.05) is 60.1 Å². The van der Waals surface area contributed by atoms with E-state index in [0.717, 1.165) is 0 Å². The van der Waals surface area contributed by atoms with Crippen molar-refractivity contribution >= 4 is 22.4 Å². The molecule has 0 aliphatic heterocycles. The molecule has 0 spiro atoms. The Labute approximate surface area is 98.4 Å². The van der Waals surface area contributed by atoms with E-state index in [1.54, 1.807) is 0 Å². The third-order valence-electron chi connectivity index (χ3n) is 2.25. The Morgan fingerprint density at radius 2 is 1.20 bits per heavy atom. The Morgan fingerprint density at radius 3 is 1.40 bits per heavy atom. The van der Waals surface area contributed by atoms with Crippen molar-refractivity contribution in [3.05, 3.63) is 0 Å². The Balaban J connectivity index is 4.94. The maximum atomic E-state index is 4.94. The predicted molar refractivity (Wildman–Crippen MR) is 78.4 cm³/mol. The molecule has 0 fully saturated rings. The van der Waals surface area contributed by atoms with Crippen molar-refractivity contribution in [3.8, 4) is 0 Å². The van der Waals surface area contributed by atoms with Crippen LogP contribution in [-0.4, -0.2) is 27.7 Å². The van der Waals surface area contributed by atoms with Crippen molar-refractivity contribution in [2.75, 3.05) is 0 Å². The van der Waals surface area contributed by atoms with Crippen molar-refractivity contribution < 1.29 is 0 Å². The van der Waals surface area contributed by atoms with E-state index < -0.39 is 16.1 Å². The molecule has 0 saturated heterocycles. The van der Waals surface area contributed by atoms with Crippen LogP contribution in [0.25, 0.3) is 0 Å². The van der Waals surface area contributed by atoms with Crippen LogP contribution in [0.15, 0.2) is 4.99 Å². The van der Waals surface area contributed by atoms with E-state index in [0.29, 0.717) is 5.29 Å². The van der Waals surface area contributed by atoms with Gasteiger partial charge >= 0.3 is 0 Å². The second-order valence-electron chi connectivity index (χ2n) is 7.78. The molecule has 0 saturated carbocycles. The van der Waals surface area contributed by atoms with Crippen LogP contribution in [0, 0.1) is 5.41 Å². The molecule has 0 atom stereocenters. The minimum absolute atomic E-state index is 0.220. The normalized spacial score (nSPS) is 15.3. The lowest BCUT2D eigenvalue weighted by Crippen LogP contribution is -2.52. The van der Waals surface area contributed by atoms with Gasteiger partial charge in [-0.2, -0.15) is 0 Å². The van der Waals surface area contributed by atoms with Gasteiger partial charge < -0.3 is 4.99 Å². The molecule has 0 aliphatic rings. The molecule has 0 aromatic heterocycles. The van der Waals surface area contributed by atoms with Crippen LogP contribution in [0.2, 0.25) is 39.3 Å². The fraction of sp³-hybridized carbons (Fsp3) is 0.917. The standard InChI is InChI=1S/C12H29NSi2/c1-12(2,3)10-13-11(14(4,5)6)15(7,8)9/h10-11H,1-9H3/b13-10+. The first-order chi connectivity index (χ1) is 6.34. The summed E-state index contributed by atoms with van der Waals surface area (Å²) in [6, 6.07) is 0. The summed E-state index contributed by atoms with van der Waals surface area (Å²) in [7, 11) is -2.32. The lowest BCUT2D eigenvalue weighted by molar-refractivity contribution is 0.604. The summed E-state index contributed by atoms with van der Waals surface area (Å²) in [4.78, 5) is 4.94. The third kappa shape index (κ3) is 6.30. The molecule has 3 heteroatoms. The van der Waals surface area contributed by atoms with Crippen molar-refractivity contribution in [1.82, 2.24) is 0 Å². The quantitative estimate of drug-likeness (QED) is 0.520. The summed E-state index contributed by atoms with van der Waals surface area (Å²) in [5.74, 6) is 0. The van der Waals surface area contributed by atoms with Gasteiger partial charge in [0.2, 0.25) is 0 Å². The van der Waals surface area contributed by atoms with Crippen molar-refractivity contribution in [1.29, 1.82) is 0 Å². The van der Waals surface area contributed by atoms with Gasteiger partial charge in [0.1, 0.15) is 0 Å². The van der Waals surface area contributed by atoms with Gasteiger partial charge in [-0.05, 0) is 5.41 Å². The molecule has 0 aromatic rings. The van der Waals surface area contributed by atoms with E-state index in [9.17, 15) is 0 Å². The van der Waals surface area contributed by atoms with E-state index in [-0.39, 0.29) is 5.41 Å². The number of hydrogen-bond acceptors (Lipinski definition) is 1. The first-order valence-electron chi connectivity index (χ1n) is 5.88. The minimum Gasteiger partial charge on any atom is -0.300 e. The van der Waals surface area contributed by atoms with Crippen LogP contribution in [0.3, 0.4) is 0 Å². The summed E-state index contributed by atoms with van der Waals surface area (Å²) in [6.07, 6.45) is 2.17. The maximum absolute atomic E-state index is 4.94. The van der Waals surface area contributed by atoms with Gasteiger partial charge in [-0.3, -0.25) is 0 Å². The zero-order valence-electron chi connectivity index (χ0n) is 12.1. The molecule has 0 heterocycles. The molecular weight excluding hydrogens is 214 g/mol. The highest BCUT2D eigenvalue weighted by Gasteiger charge is 2.37. The van der Waals surface area contributed by atoms with E-state index in [1.165, 1.54) is 0 Å². The van der Waals surface area contributed by atoms with Crippen LogP contribution in [-0.2, 0) is 0 Å².